The van der Waals surface area contributed by atoms with Crippen molar-refractivity contribution < 1.29 is 0 Å². The van der Waals surface area contributed by atoms with Crippen LogP contribution in [0.1, 0.15) is 51.9 Å². The molecule has 0 saturated carbocycles. The first kappa shape index (κ1) is 12.5. The highest BCUT2D eigenvalue weighted by Crippen LogP contribution is 2.26. The standard InChI is InChI=1S/C16H25N/c1-3-15-8-10-16(11-9-15)7-6-14(2)17-12-4-5-13-17/h8,10H,2-7,9,11-13H2,1H3. The number of allylic oxidation sites excluding steroid dienone is 5. The molecule has 2 rings (SSSR count). The van der Waals surface area contributed by atoms with Gasteiger partial charge in [0.15, 0.2) is 0 Å². The van der Waals surface area contributed by atoms with Gasteiger partial charge in [0.2, 0.25) is 0 Å². The zero-order valence-electron chi connectivity index (χ0n) is 11.2. The normalized spacial score (nSPS) is 20.2. The zero-order valence-corrected chi connectivity index (χ0v) is 11.2. The maximum absolute atomic E-state index is 4.24. The first-order chi connectivity index (χ1) is 8.29. The third-order valence-corrected chi connectivity index (χ3v) is 4.06. The minimum Gasteiger partial charge on any atom is -0.375 e. The molecule has 0 radical (unpaired) electrons. The Hall–Kier alpha value is -0.980. The Morgan fingerprint density at radius 2 is 1.82 bits per heavy atom. The van der Waals surface area contributed by atoms with Crippen LogP contribution in [0.2, 0.25) is 0 Å². The summed E-state index contributed by atoms with van der Waals surface area (Å²) in [6, 6.07) is 0. The lowest BCUT2D eigenvalue weighted by molar-refractivity contribution is 0.410. The smallest absolute Gasteiger partial charge is 0.0175 e. The molecule has 1 aliphatic carbocycles. The molecule has 0 atom stereocenters. The lowest BCUT2D eigenvalue weighted by Crippen LogP contribution is -2.17. The molecule has 0 amide bonds. The SMILES string of the molecule is C=C(CCC1=CC=C(CC)CC1)N1CCCC1. The summed E-state index contributed by atoms with van der Waals surface area (Å²) in [5.41, 5.74) is 4.57. The molecule has 0 spiro atoms. The average Bonchev–Trinajstić information content (AvgIpc) is 2.90. The molecular weight excluding hydrogens is 206 g/mol. The van der Waals surface area contributed by atoms with Crippen LogP contribution in [0.25, 0.3) is 0 Å². The van der Waals surface area contributed by atoms with Crippen LogP contribution in [-0.4, -0.2) is 18.0 Å². The van der Waals surface area contributed by atoms with Crippen molar-refractivity contribution in [2.45, 2.75) is 51.9 Å². The molecule has 0 aromatic carbocycles. The van der Waals surface area contributed by atoms with Crippen molar-refractivity contribution >= 4 is 0 Å². The highest BCUT2D eigenvalue weighted by atomic mass is 15.1. The second-order valence-corrected chi connectivity index (χ2v) is 5.26. The second kappa shape index (κ2) is 6.09. The van der Waals surface area contributed by atoms with Crippen LogP contribution in [0.4, 0.5) is 0 Å². The van der Waals surface area contributed by atoms with Gasteiger partial charge >= 0.3 is 0 Å². The summed E-state index contributed by atoms with van der Waals surface area (Å²) < 4.78 is 0. The number of hydrogen-bond acceptors (Lipinski definition) is 1. The van der Waals surface area contributed by atoms with Crippen molar-refractivity contribution in [1.29, 1.82) is 0 Å². The Labute approximate surface area is 106 Å². The van der Waals surface area contributed by atoms with E-state index in [0.29, 0.717) is 0 Å². The monoisotopic (exact) mass is 231 g/mol. The van der Waals surface area contributed by atoms with E-state index in [9.17, 15) is 0 Å². The van der Waals surface area contributed by atoms with Crippen LogP contribution in [0, 0.1) is 0 Å². The molecule has 1 aliphatic heterocycles. The highest BCUT2D eigenvalue weighted by molar-refractivity contribution is 5.24. The molecule has 1 saturated heterocycles. The van der Waals surface area contributed by atoms with Crippen molar-refractivity contribution in [3.63, 3.8) is 0 Å². The summed E-state index contributed by atoms with van der Waals surface area (Å²) >= 11 is 0. The van der Waals surface area contributed by atoms with E-state index in [1.54, 1.807) is 11.1 Å². The largest absolute Gasteiger partial charge is 0.375 e. The first-order valence-corrected chi connectivity index (χ1v) is 7.10. The Bertz CT molecular complexity index is 329. The number of nitrogens with zero attached hydrogens (tertiary/aromatic N) is 1. The third-order valence-electron chi connectivity index (χ3n) is 4.06. The van der Waals surface area contributed by atoms with Gasteiger partial charge in [0.25, 0.3) is 0 Å². The molecule has 1 fully saturated rings. The maximum Gasteiger partial charge on any atom is 0.0175 e. The van der Waals surface area contributed by atoms with Gasteiger partial charge in [-0.25, -0.2) is 0 Å². The average molecular weight is 231 g/mol. The van der Waals surface area contributed by atoms with Crippen LogP contribution in [-0.2, 0) is 0 Å². The van der Waals surface area contributed by atoms with Gasteiger partial charge in [0.1, 0.15) is 0 Å². The van der Waals surface area contributed by atoms with Crippen LogP contribution >= 0.6 is 0 Å². The number of rotatable bonds is 5. The predicted molar refractivity (Wildman–Crippen MR) is 74.9 cm³/mol. The zero-order chi connectivity index (χ0) is 12.1. The third kappa shape index (κ3) is 3.49. The Kier molecular flexibility index (Phi) is 4.47. The summed E-state index contributed by atoms with van der Waals surface area (Å²) in [6.45, 7) is 8.95. The van der Waals surface area contributed by atoms with E-state index in [2.05, 4.69) is 30.6 Å². The lowest BCUT2D eigenvalue weighted by Gasteiger charge is -2.21. The topological polar surface area (TPSA) is 3.24 Å². The fourth-order valence-corrected chi connectivity index (χ4v) is 2.72. The van der Waals surface area contributed by atoms with E-state index >= 15 is 0 Å². The number of hydrogen-bond donors (Lipinski definition) is 0. The molecule has 0 aromatic heterocycles. The van der Waals surface area contributed by atoms with Gasteiger partial charge in [0, 0.05) is 18.8 Å². The fraction of sp³-hybridized carbons (Fsp3) is 0.625. The van der Waals surface area contributed by atoms with Crippen LogP contribution in [0.15, 0.2) is 35.6 Å². The highest BCUT2D eigenvalue weighted by Gasteiger charge is 2.13. The minimum atomic E-state index is 1.15. The number of likely N-dealkylation sites (tertiary alicyclic amines) is 1. The van der Waals surface area contributed by atoms with Crippen molar-refractivity contribution in [2.75, 3.05) is 13.1 Å². The molecular formula is C16H25N. The second-order valence-electron chi connectivity index (χ2n) is 5.26. The van der Waals surface area contributed by atoms with Crippen molar-refractivity contribution in [3.8, 4) is 0 Å². The van der Waals surface area contributed by atoms with Crippen molar-refractivity contribution in [2.24, 2.45) is 0 Å². The molecule has 94 valence electrons. The molecule has 17 heavy (non-hydrogen) atoms. The van der Waals surface area contributed by atoms with Gasteiger partial charge in [-0.05, 0) is 44.9 Å². The Morgan fingerprint density at radius 3 is 2.41 bits per heavy atom. The van der Waals surface area contributed by atoms with Crippen LogP contribution in [0.5, 0.6) is 0 Å². The van der Waals surface area contributed by atoms with Gasteiger partial charge in [-0.15, -0.1) is 0 Å². The van der Waals surface area contributed by atoms with Gasteiger partial charge in [-0.1, -0.05) is 36.8 Å². The van der Waals surface area contributed by atoms with Gasteiger partial charge < -0.3 is 4.90 Å². The van der Waals surface area contributed by atoms with E-state index in [1.165, 1.54) is 57.3 Å². The van der Waals surface area contributed by atoms with Crippen LogP contribution < -0.4 is 0 Å². The van der Waals surface area contributed by atoms with Crippen LogP contribution in [0.3, 0.4) is 0 Å². The molecule has 1 heterocycles. The molecule has 1 nitrogen and oxygen atoms in total. The molecule has 1 heteroatoms. The van der Waals surface area contributed by atoms with E-state index < -0.39 is 0 Å². The lowest BCUT2D eigenvalue weighted by atomic mass is 9.94. The van der Waals surface area contributed by atoms with Crippen molar-refractivity contribution in [3.05, 3.63) is 35.6 Å². The summed E-state index contributed by atoms with van der Waals surface area (Å²) in [6.07, 6.45) is 13.5. The predicted octanol–water partition coefficient (Wildman–Crippen LogP) is 4.43. The summed E-state index contributed by atoms with van der Waals surface area (Å²) in [4.78, 5) is 2.47. The minimum absolute atomic E-state index is 1.15. The summed E-state index contributed by atoms with van der Waals surface area (Å²) in [5, 5.41) is 0. The molecule has 0 bridgehead atoms. The van der Waals surface area contributed by atoms with E-state index in [4.69, 9.17) is 0 Å². The van der Waals surface area contributed by atoms with Crippen molar-refractivity contribution in [1.82, 2.24) is 4.90 Å². The van der Waals surface area contributed by atoms with Gasteiger partial charge in [-0.2, -0.15) is 0 Å². The maximum atomic E-state index is 4.24. The van der Waals surface area contributed by atoms with Gasteiger partial charge in [-0.3, -0.25) is 0 Å². The summed E-state index contributed by atoms with van der Waals surface area (Å²) in [5.74, 6) is 0. The Balaban J connectivity index is 1.76. The fourth-order valence-electron chi connectivity index (χ4n) is 2.72. The summed E-state index contributed by atoms with van der Waals surface area (Å²) in [7, 11) is 0. The van der Waals surface area contributed by atoms with E-state index in [-0.39, 0.29) is 0 Å². The molecule has 2 aliphatic rings. The quantitative estimate of drug-likeness (QED) is 0.676. The Morgan fingerprint density at radius 1 is 1.18 bits per heavy atom. The van der Waals surface area contributed by atoms with E-state index in [0.717, 1.165) is 6.42 Å². The molecule has 0 N–H and O–H groups in total. The molecule has 0 aromatic rings. The molecule has 0 unspecified atom stereocenters. The van der Waals surface area contributed by atoms with E-state index in [1.807, 2.05) is 0 Å². The van der Waals surface area contributed by atoms with Gasteiger partial charge in [0.05, 0.1) is 0 Å². The first-order valence-electron chi connectivity index (χ1n) is 7.10.